The SMILES string of the molecule is O=C(O)[C@@H](Cc1ccccc1)P(=O)(O)CN1CCOCC1. The van der Waals surface area contributed by atoms with E-state index in [4.69, 9.17) is 4.74 Å². The second-order valence-corrected chi connectivity index (χ2v) is 7.59. The van der Waals surface area contributed by atoms with Gasteiger partial charge in [-0.25, -0.2) is 0 Å². The van der Waals surface area contributed by atoms with Gasteiger partial charge < -0.3 is 14.7 Å². The third-order valence-corrected chi connectivity index (χ3v) is 5.73. The molecule has 6 nitrogen and oxygen atoms in total. The molecule has 0 bridgehead atoms. The van der Waals surface area contributed by atoms with Crippen molar-refractivity contribution in [1.29, 1.82) is 0 Å². The molecule has 0 radical (unpaired) electrons. The van der Waals surface area contributed by atoms with Crippen molar-refractivity contribution in [3.05, 3.63) is 35.9 Å². The standard InChI is InChI=1S/C14H20NO5P/c16-14(17)13(10-12-4-2-1-3-5-12)21(18,19)11-15-6-8-20-9-7-15/h1-5,13H,6-11H2,(H,16,17)(H,18,19)/t13-/m1/s1. The van der Waals surface area contributed by atoms with Gasteiger partial charge in [-0.2, -0.15) is 0 Å². The maximum Gasteiger partial charge on any atom is 0.316 e. The first-order valence-electron chi connectivity index (χ1n) is 6.87. The summed E-state index contributed by atoms with van der Waals surface area (Å²) in [4.78, 5) is 23.5. The molecule has 2 atom stereocenters. The first kappa shape index (κ1) is 16.2. The zero-order chi connectivity index (χ0) is 15.3. The highest BCUT2D eigenvalue weighted by Crippen LogP contribution is 2.48. The van der Waals surface area contributed by atoms with Crippen molar-refractivity contribution in [2.45, 2.75) is 12.1 Å². The molecule has 1 fully saturated rings. The predicted octanol–water partition coefficient (Wildman–Crippen LogP) is 1.24. The van der Waals surface area contributed by atoms with Gasteiger partial charge in [0.15, 0.2) is 0 Å². The van der Waals surface area contributed by atoms with E-state index in [1.807, 2.05) is 6.07 Å². The Balaban J connectivity index is 2.08. The van der Waals surface area contributed by atoms with E-state index in [1.165, 1.54) is 0 Å². The maximum absolute atomic E-state index is 12.5. The van der Waals surface area contributed by atoms with Crippen LogP contribution in [0, 0.1) is 0 Å². The van der Waals surface area contributed by atoms with Crippen LogP contribution in [0.5, 0.6) is 0 Å². The van der Waals surface area contributed by atoms with Crippen molar-refractivity contribution in [2.24, 2.45) is 0 Å². The number of benzene rings is 1. The van der Waals surface area contributed by atoms with Crippen molar-refractivity contribution < 1.29 is 24.1 Å². The molecule has 1 aromatic carbocycles. The second kappa shape index (κ2) is 7.18. The summed E-state index contributed by atoms with van der Waals surface area (Å²) in [5.41, 5.74) is -0.524. The van der Waals surface area contributed by atoms with Crippen LogP contribution in [0.1, 0.15) is 5.56 Å². The lowest BCUT2D eigenvalue weighted by molar-refractivity contribution is -0.136. The van der Waals surface area contributed by atoms with Gasteiger partial charge in [0, 0.05) is 13.1 Å². The van der Waals surface area contributed by atoms with Gasteiger partial charge in [-0.3, -0.25) is 14.3 Å². The van der Waals surface area contributed by atoms with Crippen LogP contribution in [0.4, 0.5) is 0 Å². The number of hydrogen-bond donors (Lipinski definition) is 2. The zero-order valence-corrected chi connectivity index (χ0v) is 12.6. The zero-order valence-electron chi connectivity index (χ0n) is 11.7. The van der Waals surface area contributed by atoms with Gasteiger partial charge in [-0.05, 0) is 12.0 Å². The first-order chi connectivity index (χ1) is 9.99. The molecule has 1 unspecified atom stereocenters. The second-order valence-electron chi connectivity index (χ2n) is 5.17. The van der Waals surface area contributed by atoms with Crippen LogP contribution >= 0.6 is 7.37 Å². The van der Waals surface area contributed by atoms with Crippen LogP contribution < -0.4 is 0 Å². The van der Waals surface area contributed by atoms with Crippen molar-refractivity contribution in [1.82, 2.24) is 4.90 Å². The number of rotatable bonds is 6. The van der Waals surface area contributed by atoms with E-state index in [-0.39, 0.29) is 12.7 Å². The number of nitrogens with zero attached hydrogens (tertiary/aromatic N) is 1. The van der Waals surface area contributed by atoms with Crippen molar-refractivity contribution >= 4 is 13.3 Å². The van der Waals surface area contributed by atoms with E-state index in [1.54, 1.807) is 29.2 Å². The molecule has 0 amide bonds. The van der Waals surface area contributed by atoms with Gasteiger partial charge in [0.2, 0.25) is 7.37 Å². The molecule has 0 aliphatic carbocycles. The van der Waals surface area contributed by atoms with Gasteiger partial charge in [0.25, 0.3) is 0 Å². The summed E-state index contributed by atoms with van der Waals surface area (Å²) in [6.07, 6.45) is -0.0333. The lowest BCUT2D eigenvalue weighted by atomic mass is 10.1. The number of hydrogen-bond acceptors (Lipinski definition) is 4. The normalized spacial score (nSPS) is 20.6. The number of morpholine rings is 1. The van der Waals surface area contributed by atoms with Crippen LogP contribution in [0.25, 0.3) is 0 Å². The number of carbonyl (C=O) groups is 1. The monoisotopic (exact) mass is 313 g/mol. The summed E-state index contributed by atoms with van der Waals surface area (Å²) in [7, 11) is -3.82. The van der Waals surface area contributed by atoms with E-state index in [9.17, 15) is 19.4 Å². The van der Waals surface area contributed by atoms with E-state index in [2.05, 4.69) is 0 Å². The summed E-state index contributed by atoms with van der Waals surface area (Å²) in [5, 5.41) is 9.32. The third-order valence-electron chi connectivity index (χ3n) is 3.55. The molecular formula is C14H20NO5P. The van der Waals surface area contributed by atoms with Crippen LogP contribution in [-0.2, 0) is 20.5 Å². The maximum atomic E-state index is 12.5. The number of carboxylic acids is 1. The molecule has 1 heterocycles. The summed E-state index contributed by atoms with van der Waals surface area (Å²) < 4.78 is 17.7. The summed E-state index contributed by atoms with van der Waals surface area (Å²) in [5.74, 6) is -1.22. The van der Waals surface area contributed by atoms with Gasteiger partial charge in [-0.15, -0.1) is 0 Å². The Bertz CT molecular complexity index is 515. The fourth-order valence-electron chi connectivity index (χ4n) is 2.37. The minimum atomic E-state index is -3.82. The molecule has 1 aliphatic heterocycles. The molecule has 0 spiro atoms. The Morgan fingerprint density at radius 2 is 1.90 bits per heavy atom. The fraction of sp³-hybridized carbons (Fsp3) is 0.500. The van der Waals surface area contributed by atoms with Crippen molar-refractivity contribution in [3.63, 3.8) is 0 Å². The largest absolute Gasteiger partial charge is 0.481 e. The lowest BCUT2D eigenvalue weighted by Crippen LogP contribution is -2.39. The molecule has 1 aliphatic rings. The lowest BCUT2D eigenvalue weighted by Gasteiger charge is -2.30. The number of carboxylic acid groups (broad SMARTS) is 1. The molecule has 2 rings (SSSR count). The Morgan fingerprint density at radius 1 is 1.29 bits per heavy atom. The summed E-state index contributed by atoms with van der Waals surface area (Å²) >= 11 is 0. The first-order valence-corrected chi connectivity index (χ1v) is 8.79. The smallest absolute Gasteiger partial charge is 0.316 e. The van der Waals surface area contributed by atoms with Gasteiger partial charge in [-0.1, -0.05) is 30.3 Å². The minimum Gasteiger partial charge on any atom is -0.481 e. The number of aliphatic carboxylic acids is 1. The molecule has 1 saturated heterocycles. The highest BCUT2D eigenvalue weighted by atomic mass is 31.2. The average molecular weight is 313 g/mol. The minimum absolute atomic E-state index is 0.0638. The molecule has 7 heteroatoms. The Hall–Kier alpha value is -1.20. The molecule has 1 aromatic rings. The fourth-order valence-corrected chi connectivity index (χ4v) is 4.26. The highest BCUT2D eigenvalue weighted by Gasteiger charge is 2.38. The molecule has 2 N–H and O–H groups in total. The molecule has 0 saturated carbocycles. The average Bonchev–Trinajstić information content (AvgIpc) is 2.46. The quantitative estimate of drug-likeness (QED) is 0.769. The summed E-state index contributed by atoms with van der Waals surface area (Å²) in [6, 6.07) is 8.94. The van der Waals surface area contributed by atoms with Crippen LogP contribution in [0.2, 0.25) is 0 Å². The Morgan fingerprint density at radius 3 is 2.48 bits per heavy atom. The van der Waals surface area contributed by atoms with E-state index < -0.39 is 19.0 Å². The van der Waals surface area contributed by atoms with Crippen LogP contribution in [0.3, 0.4) is 0 Å². The number of ether oxygens (including phenoxy) is 1. The summed E-state index contributed by atoms with van der Waals surface area (Å²) in [6.45, 7) is 2.14. The van der Waals surface area contributed by atoms with E-state index in [0.29, 0.717) is 26.3 Å². The predicted molar refractivity (Wildman–Crippen MR) is 78.7 cm³/mol. The van der Waals surface area contributed by atoms with Gasteiger partial charge >= 0.3 is 5.97 Å². The van der Waals surface area contributed by atoms with Crippen LogP contribution in [0.15, 0.2) is 30.3 Å². The Kier molecular flexibility index (Phi) is 5.53. The van der Waals surface area contributed by atoms with Gasteiger partial charge in [0.05, 0.1) is 19.5 Å². The van der Waals surface area contributed by atoms with Gasteiger partial charge in [0.1, 0.15) is 5.66 Å². The van der Waals surface area contributed by atoms with E-state index in [0.717, 1.165) is 5.56 Å². The van der Waals surface area contributed by atoms with Crippen molar-refractivity contribution in [3.8, 4) is 0 Å². The van der Waals surface area contributed by atoms with Crippen LogP contribution in [-0.4, -0.2) is 59.1 Å². The molecule has 0 aromatic heterocycles. The third kappa shape index (κ3) is 4.64. The van der Waals surface area contributed by atoms with E-state index >= 15 is 0 Å². The van der Waals surface area contributed by atoms with Crippen molar-refractivity contribution in [2.75, 3.05) is 32.6 Å². The molecule has 21 heavy (non-hydrogen) atoms. The topological polar surface area (TPSA) is 87.1 Å². The molecular weight excluding hydrogens is 293 g/mol. The molecule has 116 valence electrons. The highest BCUT2D eigenvalue weighted by molar-refractivity contribution is 7.59. The Labute approximate surface area is 123 Å².